The lowest BCUT2D eigenvalue weighted by Crippen LogP contribution is -2.55. The maximum absolute atomic E-state index is 14.2. The van der Waals surface area contributed by atoms with Gasteiger partial charge in [-0.05, 0) is 62.4 Å². The summed E-state index contributed by atoms with van der Waals surface area (Å²) in [6, 6.07) is 15.5. The van der Waals surface area contributed by atoms with Crippen LogP contribution >= 0.6 is 0 Å². The minimum atomic E-state index is -4.02. The van der Waals surface area contributed by atoms with Gasteiger partial charge >= 0.3 is 0 Å². The topological polar surface area (TPSA) is 179 Å². The molecule has 0 radical (unpaired) electrons. The Bertz CT molecular complexity index is 1380. The molecule has 0 bridgehead atoms. The summed E-state index contributed by atoms with van der Waals surface area (Å²) in [4.78, 5) is 42.5. The van der Waals surface area contributed by atoms with Gasteiger partial charge in [0.05, 0.1) is 28.7 Å². The van der Waals surface area contributed by atoms with Crippen LogP contribution in [0.3, 0.4) is 0 Å². The highest BCUT2D eigenvalue weighted by molar-refractivity contribution is 7.85. The highest BCUT2D eigenvalue weighted by Crippen LogP contribution is 2.44. The number of hydrogen-bond acceptors (Lipinski definition) is 8. The molecule has 0 saturated carbocycles. The van der Waals surface area contributed by atoms with Crippen LogP contribution in [0.25, 0.3) is 6.08 Å². The number of carbonyl (C=O) groups is 3. The Morgan fingerprint density at radius 1 is 0.935 bits per heavy atom. The number of nitrogens with zero attached hydrogens (tertiary/aromatic N) is 1. The summed E-state index contributed by atoms with van der Waals surface area (Å²) in [5.74, 6) is 2.02. The fourth-order valence-electron chi connectivity index (χ4n) is 5.53. The van der Waals surface area contributed by atoms with E-state index in [0.717, 1.165) is 11.1 Å². The van der Waals surface area contributed by atoms with Crippen LogP contribution in [0.4, 0.5) is 0 Å². The average molecular weight is 661 g/mol. The highest BCUT2D eigenvalue weighted by atomic mass is 32.2. The molecule has 2 rings (SSSR count). The predicted molar refractivity (Wildman–Crippen MR) is 180 cm³/mol. The highest BCUT2D eigenvalue weighted by Gasteiger charge is 2.52. The van der Waals surface area contributed by atoms with Gasteiger partial charge in [-0.25, -0.2) is 11.3 Å². The van der Waals surface area contributed by atoms with Gasteiger partial charge in [-0.3, -0.25) is 34.5 Å². The molecular formula is C34H52N4O7S. The smallest absolute Gasteiger partial charge is 0.294 e. The normalized spacial score (nSPS) is 14.4. The number of ketones is 1. The molecule has 0 aromatic heterocycles. The van der Waals surface area contributed by atoms with Gasteiger partial charge in [-0.1, -0.05) is 102 Å². The Morgan fingerprint density at radius 2 is 1.50 bits per heavy atom. The number of amides is 2. The Balaban J connectivity index is 0.000000804. The molecule has 0 spiro atoms. The molecule has 6 N–H and O–H groups in total. The van der Waals surface area contributed by atoms with Crippen molar-refractivity contribution >= 4 is 33.8 Å². The molecule has 2 aromatic carbocycles. The lowest BCUT2D eigenvalue weighted by Gasteiger charge is -2.42. The summed E-state index contributed by atoms with van der Waals surface area (Å²) in [6.45, 7) is 15.1. The van der Waals surface area contributed by atoms with Gasteiger partial charge in [0.2, 0.25) is 11.8 Å². The van der Waals surface area contributed by atoms with Crippen LogP contribution in [0, 0.1) is 36.0 Å². The van der Waals surface area contributed by atoms with E-state index in [1.807, 2.05) is 89.8 Å². The quantitative estimate of drug-likeness (QED) is 0.0563. The van der Waals surface area contributed by atoms with Crippen molar-refractivity contribution in [3.63, 3.8) is 0 Å². The minimum absolute atomic E-state index is 0.0192. The second kappa shape index (κ2) is 19.3. The summed E-state index contributed by atoms with van der Waals surface area (Å²) in [7, 11) is -4.02. The molecule has 0 saturated heterocycles. The van der Waals surface area contributed by atoms with Gasteiger partial charge < -0.3 is 0 Å². The number of aryl methyl sites for hydroxylation is 1. The number of hydroxylamine groups is 1. The van der Waals surface area contributed by atoms with Crippen molar-refractivity contribution in [2.75, 3.05) is 19.6 Å². The maximum atomic E-state index is 14.2. The monoisotopic (exact) mass is 660 g/mol. The predicted octanol–water partition coefficient (Wildman–Crippen LogP) is 4.66. The Labute approximate surface area is 274 Å². The van der Waals surface area contributed by atoms with E-state index in [4.69, 9.17) is 10.4 Å². The number of benzene rings is 2. The van der Waals surface area contributed by atoms with Crippen molar-refractivity contribution in [1.29, 1.82) is 0 Å². The van der Waals surface area contributed by atoms with E-state index in [2.05, 4.69) is 5.43 Å². The Kier molecular flexibility index (Phi) is 17.0. The molecule has 2 amide bonds. The lowest BCUT2D eigenvalue weighted by atomic mass is 9.61. The third-order valence-corrected chi connectivity index (χ3v) is 8.64. The van der Waals surface area contributed by atoms with E-state index in [0.29, 0.717) is 25.9 Å². The fourth-order valence-corrected chi connectivity index (χ4v) is 6.01. The van der Waals surface area contributed by atoms with E-state index in [9.17, 15) is 28.0 Å². The molecule has 0 aliphatic carbocycles. The first-order chi connectivity index (χ1) is 21.6. The van der Waals surface area contributed by atoms with Gasteiger partial charge in [-0.15, -0.1) is 0 Å². The SMILES string of the molecule is CCN(CC)CC(=O)C(/C=C/c1ccccc1)(CC(C)C)[C@@H](C(=O)NO)[C@@H](CC(C)C)C(=O)NN.Cc1ccc(S(=O)(=O)O)cc1. The first kappa shape index (κ1) is 40.6. The van der Waals surface area contributed by atoms with Crippen LogP contribution in [0.15, 0.2) is 65.6 Å². The van der Waals surface area contributed by atoms with E-state index < -0.39 is 39.2 Å². The van der Waals surface area contributed by atoms with Crippen LogP contribution in [-0.2, 0) is 24.5 Å². The second-order valence-electron chi connectivity index (χ2n) is 12.3. The molecule has 0 aliphatic heterocycles. The number of rotatable bonds is 16. The third kappa shape index (κ3) is 12.4. The Morgan fingerprint density at radius 3 is 1.93 bits per heavy atom. The number of likely N-dealkylation sites (N-methyl/N-ethyl adjacent to an activating group) is 1. The van der Waals surface area contributed by atoms with Crippen molar-refractivity contribution < 1.29 is 32.6 Å². The standard InChI is InChI=1S/C27H44N4O4.C7H8O3S/c1-7-31(8-2)18-23(32)27(17-20(5)6,15-14-21-12-10-9-11-13-21)24(26(34)30-35)22(16-19(3)4)25(33)29-28;1-6-2-4-7(5-3-6)11(8,9)10/h9-15,19-20,22,24,35H,7-8,16-18,28H2,1-6H3,(H,29,33)(H,30,34);2-5H,1H3,(H,8,9,10)/b15-14+;/t22-,24-,27?;/m1./s1. The van der Waals surface area contributed by atoms with Crippen LogP contribution < -0.4 is 16.7 Å². The first-order valence-electron chi connectivity index (χ1n) is 15.5. The molecule has 0 fully saturated rings. The molecule has 46 heavy (non-hydrogen) atoms. The van der Waals surface area contributed by atoms with Gasteiger partial charge in [0, 0.05) is 0 Å². The largest absolute Gasteiger partial charge is 0.297 e. The summed E-state index contributed by atoms with van der Waals surface area (Å²) in [6.07, 6.45) is 4.23. The zero-order chi connectivity index (χ0) is 35.1. The molecule has 256 valence electrons. The third-order valence-electron chi connectivity index (χ3n) is 7.77. The van der Waals surface area contributed by atoms with Gasteiger partial charge in [-0.2, -0.15) is 8.42 Å². The van der Waals surface area contributed by atoms with E-state index in [-0.39, 0.29) is 29.1 Å². The number of Topliss-reactive ketones (excluding diaryl/α,β-unsaturated/α-hetero) is 1. The van der Waals surface area contributed by atoms with E-state index in [1.165, 1.54) is 12.1 Å². The van der Waals surface area contributed by atoms with E-state index >= 15 is 0 Å². The maximum Gasteiger partial charge on any atom is 0.294 e. The summed E-state index contributed by atoms with van der Waals surface area (Å²) < 4.78 is 29.6. The molecule has 0 aliphatic rings. The van der Waals surface area contributed by atoms with Crippen molar-refractivity contribution in [2.45, 2.75) is 66.2 Å². The number of nitrogens with one attached hydrogen (secondary N) is 2. The molecular weight excluding hydrogens is 608 g/mol. The van der Waals surface area contributed by atoms with Gasteiger partial charge in [0.25, 0.3) is 10.1 Å². The zero-order valence-electron chi connectivity index (χ0n) is 28.1. The summed E-state index contributed by atoms with van der Waals surface area (Å²) in [5.41, 5.74) is 4.40. The second-order valence-corrected chi connectivity index (χ2v) is 13.7. The fraction of sp³-hybridized carbons (Fsp3) is 0.500. The van der Waals surface area contributed by atoms with Crippen molar-refractivity contribution in [1.82, 2.24) is 15.8 Å². The number of hydrazine groups is 1. The van der Waals surface area contributed by atoms with Crippen LogP contribution in [0.5, 0.6) is 0 Å². The average Bonchev–Trinajstić information content (AvgIpc) is 3.01. The summed E-state index contributed by atoms with van der Waals surface area (Å²) in [5, 5.41) is 9.77. The molecule has 2 aromatic rings. The molecule has 3 atom stereocenters. The van der Waals surface area contributed by atoms with E-state index in [1.54, 1.807) is 23.7 Å². The molecule has 12 heteroatoms. The van der Waals surface area contributed by atoms with Crippen LogP contribution in [0.1, 0.15) is 65.5 Å². The molecule has 1 unspecified atom stereocenters. The number of hydrogen-bond donors (Lipinski definition) is 5. The first-order valence-corrected chi connectivity index (χ1v) is 17.0. The van der Waals surface area contributed by atoms with Crippen molar-refractivity contribution in [2.24, 2.45) is 34.9 Å². The number of carbonyl (C=O) groups excluding carboxylic acids is 3. The lowest BCUT2D eigenvalue weighted by molar-refractivity contribution is -0.151. The number of allylic oxidation sites excluding steroid dienone is 1. The minimum Gasteiger partial charge on any atom is -0.297 e. The Hall–Kier alpha value is -3.42. The van der Waals surface area contributed by atoms with Gasteiger partial charge in [0.15, 0.2) is 5.78 Å². The van der Waals surface area contributed by atoms with Gasteiger partial charge in [0.1, 0.15) is 0 Å². The molecule has 11 nitrogen and oxygen atoms in total. The van der Waals surface area contributed by atoms with Crippen molar-refractivity contribution in [3.8, 4) is 0 Å². The molecule has 0 heterocycles. The summed E-state index contributed by atoms with van der Waals surface area (Å²) >= 11 is 0. The van der Waals surface area contributed by atoms with Crippen LogP contribution in [-0.4, -0.2) is 60.3 Å². The number of nitrogens with two attached hydrogens (primary N) is 1. The van der Waals surface area contributed by atoms with Crippen molar-refractivity contribution in [3.05, 3.63) is 71.8 Å². The van der Waals surface area contributed by atoms with Crippen LogP contribution in [0.2, 0.25) is 0 Å². The zero-order valence-corrected chi connectivity index (χ0v) is 28.9.